The summed E-state index contributed by atoms with van der Waals surface area (Å²) in [6.07, 6.45) is 3.61. The van der Waals surface area contributed by atoms with Crippen molar-refractivity contribution < 1.29 is 5.11 Å². The molecule has 3 N–H and O–H groups in total. The van der Waals surface area contributed by atoms with Crippen molar-refractivity contribution in [2.75, 3.05) is 12.3 Å². The minimum absolute atomic E-state index is 0.250. The van der Waals surface area contributed by atoms with Crippen LogP contribution in [0.3, 0.4) is 0 Å². The van der Waals surface area contributed by atoms with Crippen molar-refractivity contribution in [1.82, 2.24) is 9.55 Å². The second kappa shape index (κ2) is 4.31. The number of fused-ring (bicyclic) bond motifs is 1. The summed E-state index contributed by atoms with van der Waals surface area (Å²) in [5.74, 6) is 0. The van der Waals surface area contributed by atoms with E-state index in [4.69, 9.17) is 10.8 Å². The van der Waals surface area contributed by atoms with Gasteiger partial charge >= 0.3 is 0 Å². The van der Waals surface area contributed by atoms with Gasteiger partial charge < -0.3 is 15.4 Å². The third-order valence-electron chi connectivity index (χ3n) is 2.45. The maximum Gasteiger partial charge on any atom is 0.0958 e. The van der Waals surface area contributed by atoms with Crippen molar-refractivity contribution in [3.63, 3.8) is 0 Å². The van der Waals surface area contributed by atoms with E-state index in [-0.39, 0.29) is 6.61 Å². The van der Waals surface area contributed by atoms with E-state index in [9.17, 15) is 0 Å². The van der Waals surface area contributed by atoms with Gasteiger partial charge in [0.25, 0.3) is 0 Å². The Morgan fingerprint density at radius 3 is 3.00 bits per heavy atom. The summed E-state index contributed by atoms with van der Waals surface area (Å²) in [6.45, 7) is 1.14. The number of aliphatic hydroxyl groups excluding tert-OH is 1. The van der Waals surface area contributed by atoms with Crippen molar-refractivity contribution in [1.29, 1.82) is 0 Å². The highest BCUT2D eigenvalue weighted by atomic mass is 16.2. The summed E-state index contributed by atoms with van der Waals surface area (Å²) >= 11 is 0. The molecule has 0 aliphatic heterocycles. The van der Waals surface area contributed by atoms with Crippen LogP contribution in [0.15, 0.2) is 24.5 Å². The van der Waals surface area contributed by atoms with Gasteiger partial charge in [0.2, 0.25) is 0 Å². The minimum atomic E-state index is 0.250. The predicted octanol–water partition coefficient (Wildman–Crippen LogP) is 1.39. The molecule has 4 nitrogen and oxygen atoms in total. The fourth-order valence-corrected chi connectivity index (χ4v) is 1.65. The number of anilines is 1. The fourth-order valence-electron chi connectivity index (χ4n) is 1.65. The van der Waals surface area contributed by atoms with Crippen molar-refractivity contribution in [2.24, 2.45) is 0 Å². The number of aliphatic hydroxyl groups is 1. The Balaban J connectivity index is 2.21. The first-order valence-electron chi connectivity index (χ1n) is 5.12. The number of hydrogen-bond donors (Lipinski definition) is 2. The number of benzene rings is 1. The van der Waals surface area contributed by atoms with E-state index in [1.807, 2.05) is 24.5 Å². The first kappa shape index (κ1) is 9.98. The highest BCUT2D eigenvalue weighted by Crippen LogP contribution is 2.16. The lowest BCUT2D eigenvalue weighted by atomic mass is 10.2. The molecule has 1 aromatic heterocycles. The van der Waals surface area contributed by atoms with Crippen LogP contribution >= 0.6 is 0 Å². The molecule has 0 radical (unpaired) electrons. The Kier molecular flexibility index (Phi) is 2.87. The number of nitrogens with zero attached hydrogens (tertiary/aromatic N) is 2. The molecular weight excluding hydrogens is 190 g/mol. The molecule has 2 rings (SSSR count). The second-order valence-corrected chi connectivity index (χ2v) is 3.62. The molecule has 4 heteroatoms. The third-order valence-corrected chi connectivity index (χ3v) is 2.45. The Morgan fingerprint density at radius 1 is 1.33 bits per heavy atom. The second-order valence-electron chi connectivity index (χ2n) is 3.62. The number of hydrogen-bond acceptors (Lipinski definition) is 3. The Labute approximate surface area is 88.3 Å². The van der Waals surface area contributed by atoms with Gasteiger partial charge in [0.1, 0.15) is 0 Å². The zero-order chi connectivity index (χ0) is 10.7. The summed E-state index contributed by atoms with van der Waals surface area (Å²) in [6, 6.07) is 5.74. The summed E-state index contributed by atoms with van der Waals surface area (Å²) in [4.78, 5) is 4.28. The topological polar surface area (TPSA) is 64.1 Å². The van der Waals surface area contributed by atoms with E-state index in [1.54, 1.807) is 0 Å². The van der Waals surface area contributed by atoms with Gasteiger partial charge in [-0.05, 0) is 31.0 Å². The standard InChI is InChI=1S/C11H15N3O/c12-9-3-4-11-10(7-9)13-8-14(11)5-1-2-6-15/h3-4,7-8,15H,1-2,5-6,12H2. The lowest BCUT2D eigenvalue weighted by Gasteiger charge is -2.02. The molecule has 0 atom stereocenters. The molecule has 0 saturated heterocycles. The average molecular weight is 205 g/mol. The molecule has 0 unspecified atom stereocenters. The van der Waals surface area contributed by atoms with Crippen molar-refractivity contribution >= 4 is 16.7 Å². The van der Waals surface area contributed by atoms with Crippen LogP contribution in [0.25, 0.3) is 11.0 Å². The van der Waals surface area contributed by atoms with Gasteiger partial charge in [-0.1, -0.05) is 0 Å². The summed E-state index contributed by atoms with van der Waals surface area (Å²) in [5.41, 5.74) is 8.44. The van der Waals surface area contributed by atoms with Crippen molar-refractivity contribution in [2.45, 2.75) is 19.4 Å². The van der Waals surface area contributed by atoms with E-state index in [0.717, 1.165) is 36.1 Å². The molecule has 80 valence electrons. The molecule has 1 aromatic carbocycles. The number of aryl methyl sites for hydroxylation is 1. The molecule has 15 heavy (non-hydrogen) atoms. The molecule has 0 saturated carbocycles. The maximum atomic E-state index is 8.70. The zero-order valence-electron chi connectivity index (χ0n) is 8.56. The predicted molar refractivity (Wildman–Crippen MR) is 60.5 cm³/mol. The van der Waals surface area contributed by atoms with Gasteiger partial charge in [-0.2, -0.15) is 0 Å². The van der Waals surface area contributed by atoms with Crippen LogP contribution in [-0.4, -0.2) is 21.3 Å². The fraction of sp³-hybridized carbons (Fsp3) is 0.364. The molecule has 0 bridgehead atoms. The first-order valence-corrected chi connectivity index (χ1v) is 5.12. The van der Waals surface area contributed by atoms with Crippen molar-refractivity contribution in [3.8, 4) is 0 Å². The zero-order valence-corrected chi connectivity index (χ0v) is 8.56. The van der Waals surface area contributed by atoms with Crippen LogP contribution in [0.1, 0.15) is 12.8 Å². The number of rotatable bonds is 4. The molecule has 1 heterocycles. The van der Waals surface area contributed by atoms with Crippen LogP contribution in [-0.2, 0) is 6.54 Å². The molecule has 0 aliphatic rings. The molecular formula is C11H15N3O. The molecule has 2 aromatic rings. The highest BCUT2D eigenvalue weighted by molar-refractivity contribution is 5.78. The van der Waals surface area contributed by atoms with Gasteiger partial charge in [-0.15, -0.1) is 0 Å². The Bertz CT molecular complexity index is 450. The van der Waals surface area contributed by atoms with Crippen molar-refractivity contribution in [3.05, 3.63) is 24.5 Å². The Hall–Kier alpha value is -1.55. The number of aromatic nitrogens is 2. The minimum Gasteiger partial charge on any atom is -0.399 e. The van der Waals surface area contributed by atoms with E-state index in [1.165, 1.54) is 0 Å². The van der Waals surface area contributed by atoms with Gasteiger partial charge in [-0.3, -0.25) is 0 Å². The van der Waals surface area contributed by atoms with Gasteiger partial charge in [0.15, 0.2) is 0 Å². The monoisotopic (exact) mass is 205 g/mol. The van der Waals surface area contributed by atoms with Gasteiger partial charge in [-0.25, -0.2) is 4.98 Å². The van der Waals surface area contributed by atoms with Crippen LogP contribution in [0.2, 0.25) is 0 Å². The molecule has 0 spiro atoms. The number of nitrogens with two attached hydrogens (primary N) is 1. The number of nitrogen functional groups attached to an aromatic ring is 1. The van der Waals surface area contributed by atoms with E-state index in [0.29, 0.717) is 0 Å². The molecule has 0 fully saturated rings. The van der Waals surface area contributed by atoms with E-state index >= 15 is 0 Å². The third kappa shape index (κ3) is 2.10. The van der Waals surface area contributed by atoms with Gasteiger partial charge in [0.05, 0.1) is 17.4 Å². The summed E-state index contributed by atoms with van der Waals surface area (Å²) in [5, 5.41) is 8.70. The maximum absolute atomic E-state index is 8.70. The lowest BCUT2D eigenvalue weighted by Crippen LogP contribution is -1.97. The molecule has 0 aliphatic carbocycles. The van der Waals surface area contributed by atoms with Crippen LogP contribution < -0.4 is 5.73 Å². The smallest absolute Gasteiger partial charge is 0.0958 e. The largest absolute Gasteiger partial charge is 0.399 e. The Morgan fingerprint density at radius 2 is 2.20 bits per heavy atom. The van der Waals surface area contributed by atoms with Crippen LogP contribution in [0.5, 0.6) is 0 Å². The first-order chi connectivity index (χ1) is 7.31. The number of imidazole rings is 1. The van der Waals surface area contributed by atoms with Crippen LogP contribution in [0, 0.1) is 0 Å². The van der Waals surface area contributed by atoms with Gasteiger partial charge in [0, 0.05) is 18.8 Å². The van der Waals surface area contributed by atoms with Crippen LogP contribution in [0.4, 0.5) is 5.69 Å². The van der Waals surface area contributed by atoms with E-state index < -0.39 is 0 Å². The highest BCUT2D eigenvalue weighted by Gasteiger charge is 2.01. The normalized spacial score (nSPS) is 11.0. The lowest BCUT2D eigenvalue weighted by molar-refractivity contribution is 0.281. The van der Waals surface area contributed by atoms with E-state index in [2.05, 4.69) is 9.55 Å². The number of unbranched alkanes of at least 4 members (excludes halogenated alkanes) is 1. The average Bonchev–Trinajstić information content (AvgIpc) is 2.61. The summed E-state index contributed by atoms with van der Waals surface area (Å²) in [7, 11) is 0. The quantitative estimate of drug-likeness (QED) is 0.585. The molecule has 0 amide bonds. The summed E-state index contributed by atoms with van der Waals surface area (Å²) < 4.78 is 2.09. The SMILES string of the molecule is Nc1ccc2c(c1)ncn2CCCCO.